The van der Waals surface area contributed by atoms with Gasteiger partial charge < -0.3 is 5.11 Å². The SMILES string of the molecule is C#C.O=C(O)Br. The van der Waals surface area contributed by atoms with E-state index in [1.54, 1.807) is 0 Å². The van der Waals surface area contributed by atoms with Crippen molar-refractivity contribution in [3.63, 3.8) is 0 Å². The topological polar surface area (TPSA) is 37.3 Å². The number of carbonyl (C=O) groups is 1. The predicted molar refractivity (Wildman–Crippen MR) is 26.8 cm³/mol. The quantitative estimate of drug-likeness (QED) is 0.418. The fraction of sp³-hybridized carbons (Fsp3) is 0. The van der Waals surface area contributed by atoms with Gasteiger partial charge in [0.1, 0.15) is 0 Å². The molecule has 0 aliphatic heterocycles. The molecule has 0 amide bonds. The zero-order chi connectivity index (χ0) is 5.58. The van der Waals surface area contributed by atoms with Crippen LogP contribution < -0.4 is 0 Å². The number of hydrogen-bond donors (Lipinski definition) is 1. The summed E-state index contributed by atoms with van der Waals surface area (Å²) in [5.74, 6) is 0. The summed E-state index contributed by atoms with van der Waals surface area (Å²) >= 11 is 2.19. The maximum Gasteiger partial charge on any atom is 0.372 e. The highest BCUT2D eigenvalue weighted by molar-refractivity contribution is 9.18. The van der Waals surface area contributed by atoms with Crippen LogP contribution in [0, 0.1) is 12.8 Å². The Kier molecular flexibility index (Phi) is 13.4. The molecule has 2 nitrogen and oxygen atoms in total. The fourth-order valence-electron chi connectivity index (χ4n) is 0. The van der Waals surface area contributed by atoms with E-state index in [0.29, 0.717) is 0 Å². The van der Waals surface area contributed by atoms with Gasteiger partial charge in [0.25, 0.3) is 0 Å². The van der Waals surface area contributed by atoms with Crippen LogP contribution in [0.15, 0.2) is 0 Å². The van der Waals surface area contributed by atoms with Crippen LogP contribution in [-0.4, -0.2) is 9.99 Å². The molecule has 0 radical (unpaired) electrons. The van der Waals surface area contributed by atoms with Gasteiger partial charge in [-0.05, 0) is 0 Å². The monoisotopic (exact) mass is 150 g/mol. The van der Waals surface area contributed by atoms with Gasteiger partial charge in [-0.15, -0.1) is 12.8 Å². The summed E-state index contributed by atoms with van der Waals surface area (Å²) in [6.07, 6.45) is 8.00. The second-order valence-corrected chi connectivity index (χ2v) is 0.931. The lowest BCUT2D eigenvalue weighted by molar-refractivity contribution is 0.223. The van der Waals surface area contributed by atoms with Gasteiger partial charge in [0.15, 0.2) is 0 Å². The van der Waals surface area contributed by atoms with E-state index in [2.05, 4.69) is 28.8 Å². The minimum absolute atomic E-state index is 1.02. The molecule has 1 N–H and O–H groups in total. The van der Waals surface area contributed by atoms with Crippen molar-refractivity contribution in [2.45, 2.75) is 0 Å². The zero-order valence-corrected chi connectivity index (χ0v) is 4.47. The van der Waals surface area contributed by atoms with Crippen LogP contribution >= 0.6 is 15.9 Å². The number of hydrogen-bond acceptors (Lipinski definition) is 1. The van der Waals surface area contributed by atoms with Gasteiger partial charge in [0, 0.05) is 15.9 Å². The van der Waals surface area contributed by atoms with Crippen molar-refractivity contribution in [1.82, 2.24) is 0 Å². The molecule has 0 heterocycles. The molecule has 0 saturated heterocycles. The molecule has 0 spiro atoms. The first kappa shape index (κ1) is 9.10. The lowest BCUT2D eigenvalue weighted by atomic mass is 11.4. The molecule has 0 atom stereocenters. The molecule has 0 aliphatic rings. The molecule has 0 aromatic rings. The average molecular weight is 151 g/mol. The van der Waals surface area contributed by atoms with Gasteiger partial charge in [0.05, 0.1) is 0 Å². The zero-order valence-electron chi connectivity index (χ0n) is 2.89. The highest BCUT2D eigenvalue weighted by Crippen LogP contribution is 1.74. The van der Waals surface area contributed by atoms with Gasteiger partial charge in [-0.1, -0.05) is 0 Å². The van der Waals surface area contributed by atoms with E-state index < -0.39 is 4.88 Å². The van der Waals surface area contributed by atoms with E-state index in [9.17, 15) is 0 Å². The highest BCUT2D eigenvalue weighted by Gasteiger charge is 1.70. The molecule has 0 bridgehead atoms. The first-order valence-corrected chi connectivity index (χ1v) is 1.74. The summed E-state index contributed by atoms with van der Waals surface area (Å²) in [5.41, 5.74) is 0. The smallest absolute Gasteiger partial charge is 0.372 e. The third-order valence-corrected chi connectivity index (χ3v) is 0. The van der Waals surface area contributed by atoms with Crippen molar-refractivity contribution in [1.29, 1.82) is 0 Å². The van der Waals surface area contributed by atoms with Crippen molar-refractivity contribution in [2.75, 3.05) is 0 Å². The van der Waals surface area contributed by atoms with Crippen LogP contribution in [0.4, 0.5) is 4.79 Å². The lowest BCUT2D eigenvalue weighted by Gasteiger charge is -1.56. The second-order valence-electron chi connectivity index (χ2n) is 0.253. The molecule has 0 aromatic carbocycles. The lowest BCUT2D eigenvalue weighted by Crippen LogP contribution is -1.65. The Morgan fingerprint density at radius 2 is 1.67 bits per heavy atom. The van der Waals surface area contributed by atoms with E-state index in [1.165, 1.54) is 0 Å². The number of carboxylic acid groups (broad SMARTS) is 1. The van der Waals surface area contributed by atoms with Crippen molar-refractivity contribution in [2.24, 2.45) is 0 Å². The van der Waals surface area contributed by atoms with E-state index in [4.69, 9.17) is 9.90 Å². The van der Waals surface area contributed by atoms with Crippen molar-refractivity contribution in [3.8, 4) is 12.8 Å². The summed E-state index contributed by atoms with van der Waals surface area (Å²) < 4.78 is 0. The molecule has 0 unspecified atom stereocenters. The fourth-order valence-corrected chi connectivity index (χ4v) is 0. The van der Waals surface area contributed by atoms with Gasteiger partial charge in [0.2, 0.25) is 0 Å². The molecule has 34 valence electrons. The predicted octanol–water partition coefficient (Wildman–Crippen LogP) is 1.31. The summed E-state index contributed by atoms with van der Waals surface area (Å²) in [6, 6.07) is 0. The number of terminal acetylenes is 1. The van der Waals surface area contributed by atoms with Crippen molar-refractivity contribution < 1.29 is 9.90 Å². The molecular weight excluding hydrogens is 148 g/mol. The Hall–Kier alpha value is -0.490. The molecular formula is C3H3BrO2. The van der Waals surface area contributed by atoms with Gasteiger partial charge in [-0.25, -0.2) is 4.79 Å². The van der Waals surface area contributed by atoms with Gasteiger partial charge in [-0.3, -0.25) is 0 Å². The summed E-state index contributed by atoms with van der Waals surface area (Å²) in [4.78, 5) is 7.90. The summed E-state index contributed by atoms with van der Waals surface area (Å²) in [6.45, 7) is 0. The number of halogens is 1. The molecule has 0 saturated carbocycles. The minimum atomic E-state index is -1.02. The van der Waals surface area contributed by atoms with Crippen LogP contribution in [0.2, 0.25) is 0 Å². The molecule has 0 rings (SSSR count). The maximum absolute atomic E-state index is 8.92. The van der Waals surface area contributed by atoms with Crippen molar-refractivity contribution in [3.05, 3.63) is 0 Å². The minimum Gasteiger partial charge on any atom is -0.473 e. The molecule has 6 heavy (non-hydrogen) atoms. The Labute approximate surface area is 44.3 Å². The third-order valence-electron chi connectivity index (χ3n) is 0. The Bertz CT molecular complexity index is 53.1. The largest absolute Gasteiger partial charge is 0.473 e. The van der Waals surface area contributed by atoms with Crippen LogP contribution in [0.3, 0.4) is 0 Å². The third kappa shape index (κ3) is 92.1. The summed E-state index contributed by atoms with van der Waals surface area (Å²) in [7, 11) is 0. The van der Waals surface area contributed by atoms with E-state index in [1.807, 2.05) is 0 Å². The summed E-state index contributed by atoms with van der Waals surface area (Å²) in [5, 5.41) is 7.33. The number of rotatable bonds is 0. The maximum atomic E-state index is 8.92. The molecule has 3 heteroatoms. The van der Waals surface area contributed by atoms with Gasteiger partial charge in [-0.2, -0.15) is 0 Å². The average Bonchev–Trinajstić information content (AvgIpc) is 1.41. The highest BCUT2D eigenvalue weighted by atomic mass is 79.9. The molecule has 0 fully saturated rings. The van der Waals surface area contributed by atoms with Crippen LogP contribution in [0.1, 0.15) is 0 Å². The second kappa shape index (κ2) is 8.82. The first-order chi connectivity index (χ1) is 2.73. The van der Waals surface area contributed by atoms with Gasteiger partial charge >= 0.3 is 4.88 Å². The molecule has 0 aliphatic carbocycles. The Morgan fingerprint density at radius 3 is 1.67 bits per heavy atom. The van der Waals surface area contributed by atoms with E-state index >= 15 is 0 Å². The van der Waals surface area contributed by atoms with E-state index in [-0.39, 0.29) is 0 Å². The Balaban J connectivity index is 0. The normalized spacial score (nSPS) is 4.50. The standard InChI is InChI=1S/C2H2.CHBrO2/c1-2;2-1(3)4/h1-2H;(H,3,4). The van der Waals surface area contributed by atoms with Crippen LogP contribution in [-0.2, 0) is 0 Å². The van der Waals surface area contributed by atoms with E-state index in [0.717, 1.165) is 0 Å². The van der Waals surface area contributed by atoms with Crippen LogP contribution in [0.25, 0.3) is 0 Å². The molecule has 0 aromatic heterocycles. The van der Waals surface area contributed by atoms with Crippen LogP contribution in [0.5, 0.6) is 0 Å². The Morgan fingerprint density at radius 1 is 1.67 bits per heavy atom. The first-order valence-electron chi connectivity index (χ1n) is 0.950. The van der Waals surface area contributed by atoms with Crippen molar-refractivity contribution >= 4 is 20.8 Å².